The lowest BCUT2D eigenvalue weighted by Crippen LogP contribution is -2.14. The first-order valence-electron chi connectivity index (χ1n) is 5.47. The van der Waals surface area contributed by atoms with Crippen LogP contribution in [-0.2, 0) is 0 Å². The Labute approximate surface area is 114 Å². The quantitative estimate of drug-likeness (QED) is 0.888. The Kier molecular flexibility index (Phi) is 3.66. The van der Waals surface area contributed by atoms with Crippen LogP contribution < -0.4 is 11.1 Å². The van der Waals surface area contributed by atoms with Crippen molar-refractivity contribution in [2.45, 2.75) is 6.92 Å². The van der Waals surface area contributed by atoms with E-state index >= 15 is 0 Å². The highest BCUT2D eigenvalue weighted by Crippen LogP contribution is 2.25. The van der Waals surface area contributed by atoms with Crippen molar-refractivity contribution in [3.05, 3.63) is 52.4 Å². The Hall–Kier alpha value is -2.14. The maximum absolute atomic E-state index is 13.5. The molecule has 0 bridgehead atoms. The molecule has 0 radical (unpaired) electrons. The van der Waals surface area contributed by atoms with E-state index in [9.17, 15) is 9.18 Å². The number of nitrogens with one attached hydrogen (secondary N) is 1. The summed E-state index contributed by atoms with van der Waals surface area (Å²) in [6.07, 6.45) is 0. The molecule has 0 saturated heterocycles. The zero-order valence-corrected chi connectivity index (χ0v) is 10.8. The fraction of sp³-hybridized carbons (Fsp3) is 0.0769. The summed E-state index contributed by atoms with van der Waals surface area (Å²) in [4.78, 5) is 16.0. The molecule has 1 aromatic heterocycles. The first-order valence-corrected chi connectivity index (χ1v) is 5.84. The van der Waals surface area contributed by atoms with Gasteiger partial charge in [-0.15, -0.1) is 0 Å². The van der Waals surface area contributed by atoms with Crippen molar-refractivity contribution in [3.63, 3.8) is 0 Å². The zero-order valence-electron chi connectivity index (χ0n) is 10.1. The molecule has 0 fully saturated rings. The highest BCUT2D eigenvalue weighted by Gasteiger charge is 2.13. The van der Waals surface area contributed by atoms with Crippen LogP contribution in [0, 0.1) is 12.7 Å². The maximum Gasteiger partial charge on any atom is 0.255 e. The highest BCUT2D eigenvalue weighted by molar-refractivity contribution is 6.34. The van der Waals surface area contributed by atoms with E-state index in [4.69, 9.17) is 17.3 Å². The summed E-state index contributed by atoms with van der Waals surface area (Å²) >= 11 is 5.83. The van der Waals surface area contributed by atoms with E-state index < -0.39 is 11.7 Å². The monoisotopic (exact) mass is 279 g/mol. The zero-order chi connectivity index (χ0) is 14.0. The molecular weight excluding hydrogens is 269 g/mol. The molecule has 0 aliphatic carbocycles. The molecule has 2 rings (SSSR count). The number of rotatable bonds is 2. The van der Waals surface area contributed by atoms with Gasteiger partial charge < -0.3 is 11.1 Å². The van der Waals surface area contributed by atoms with Crippen LogP contribution in [0.2, 0.25) is 5.02 Å². The predicted octanol–water partition coefficient (Wildman–Crippen LogP) is 3.02. The van der Waals surface area contributed by atoms with Gasteiger partial charge in [0, 0.05) is 11.3 Å². The van der Waals surface area contributed by atoms with Crippen molar-refractivity contribution < 1.29 is 9.18 Å². The molecule has 1 aromatic carbocycles. The Morgan fingerprint density at radius 3 is 2.79 bits per heavy atom. The van der Waals surface area contributed by atoms with Gasteiger partial charge in [0.25, 0.3) is 5.91 Å². The average Bonchev–Trinajstić information content (AvgIpc) is 2.32. The van der Waals surface area contributed by atoms with Crippen molar-refractivity contribution in [3.8, 4) is 0 Å². The molecular formula is C13H11ClFN3O. The number of halogens is 2. The molecule has 1 amide bonds. The minimum atomic E-state index is -0.598. The molecule has 3 N–H and O–H groups in total. The third kappa shape index (κ3) is 3.00. The maximum atomic E-state index is 13.5. The van der Waals surface area contributed by atoms with Crippen LogP contribution >= 0.6 is 11.6 Å². The minimum Gasteiger partial charge on any atom is -0.384 e. The lowest BCUT2D eigenvalue weighted by molar-refractivity contribution is 0.102. The summed E-state index contributed by atoms with van der Waals surface area (Å²) in [6, 6.07) is 7.14. The van der Waals surface area contributed by atoms with Gasteiger partial charge in [0.1, 0.15) is 11.6 Å². The van der Waals surface area contributed by atoms with Crippen molar-refractivity contribution in [1.82, 2.24) is 4.98 Å². The van der Waals surface area contributed by atoms with Crippen LogP contribution in [0.5, 0.6) is 0 Å². The highest BCUT2D eigenvalue weighted by atomic mass is 35.5. The van der Waals surface area contributed by atoms with Gasteiger partial charge in [-0.05, 0) is 31.2 Å². The van der Waals surface area contributed by atoms with Gasteiger partial charge >= 0.3 is 0 Å². The molecule has 0 aliphatic heterocycles. The molecule has 0 saturated carbocycles. The lowest BCUT2D eigenvalue weighted by atomic mass is 10.2. The van der Waals surface area contributed by atoms with E-state index in [1.165, 1.54) is 24.3 Å². The largest absolute Gasteiger partial charge is 0.384 e. The number of carbonyl (C=O) groups excluding carboxylic acids is 1. The molecule has 0 aliphatic rings. The Morgan fingerprint density at radius 2 is 2.16 bits per heavy atom. The molecule has 6 heteroatoms. The second-order valence-corrected chi connectivity index (χ2v) is 4.38. The predicted molar refractivity (Wildman–Crippen MR) is 72.7 cm³/mol. The Balaban J connectivity index is 2.31. The Morgan fingerprint density at radius 1 is 1.42 bits per heavy atom. The molecule has 98 valence electrons. The third-order valence-electron chi connectivity index (χ3n) is 2.44. The van der Waals surface area contributed by atoms with Gasteiger partial charge in [-0.3, -0.25) is 4.79 Å². The number of carbonyl (C=O) groups is 1. The summed E-state index contributed by atoms with van der Waals surface area (Å²) in [5.41, 5.74) is 6.40. The van der Waals surface area contributed by atoms with Gasteiger partial charge in [0.15, 0.2) is 0 Å². The van der Waals surface area contributed by atoms with Crippen molar-refractivity contribution in [2.75, 3.05) is 11.1 Å². The Bertz CT molecular complexity index is 605. The minimum absolute atomic E-state index is 0.0535. The number of aryl methyl sites for hydroxylation is 1. The van der Waals surface area contributed by atoms with E-state index in [0.717, 1.165) is 0 Å². The fourth-order valence-corrected chi connectivity index (χ4v) is 1.84. The normalized spacial score (nSPS) is 10.3. The SMILES string of the molecule is Cc1cc(C(=O)Nc2c(F)cccc2Cl)cc(N)n1. The van der Waals surface area contributed by atoms with Gasteiger partial charge in [0.2, 0.25) is 0 Å². The topological polar surface area (TPSA) is 68.0 Å². The van der Waals surface area contributed by atoms with Crippen LogP contribution in [0.4, 0.5) is 15.9 Å². The van der Waals surface area contributed by atoms with E-state index in [-0.39, 0.29) is 16.5 Å². The second-order valence-electron chi connectivity index (χ2n) is 3.97. The van der Waals surface area contributed by atoms with Crippen molar-refractivity contribution >= 4 is 29.0 Å². The summed E-state index contributed by atoms with van der Waals surface area (Å²) in [6.45, 7) is 1.71. The summed E-state index contributed by atoms with van der Waals surface area (Å²) in [5, 5.41) is 2.55. The van der Waals surface area contributed by atoms with Gasteiger partial charge in [-0.25, -0.2) is 9.37 Å². The molecule has 19 heavy (non-hydrogen) atoms. The molecule has 0 unspecified atom stereocenters. The second kappa shape index (κ2) is 5.24. The standard InChI is InChI=1S/C13H11ClFN3O/c1-7-5-8(6-11(16)17-7)13(19)18-12-9(14)3-2-4-10(12)15/h2-6H,1H3,(H2,16,17)(H,18,19). The summed E-state index contributed by atoms with van der Waals surface area (Å²) in [7, 11) is 0. The van der Waals surface area contributed by atoms with Crippen LogP contribution in [0.1, 0.15) is 16.1 Å². The number of hydrogen-bond donors (Lipinski definition) is 2. The van der Waals surface area contributed by atoms with Crippen molar-refractivity contribution in [1.29, 1.82) is 0 Å². The van der Waals surface area contributed by atoms with E-state index in [2.05, 4.69) is 10.3 Å². The lowest BCUT2D eigenvalue weighted by Gasteiger charge is -2.09. The number of para-hydroxylation sites is 1. The fourth-order valence-electron chi connectivity index (χ4n) is 1.63. The van der Waals surface area contributed by atoms with Gasteiger partial charge in [-0.2, -0.15) is 0 Å². The van der Waals surface area contributed by atoms with Crippen LogP contribution in [0.25, 0.3) is 0 Å². The molecule has 1 heterocycles. The van der Waals surface area contributed by atoms with E-state index in [0.29, 0.717) is 11.3 Å². The number of hydrogen-bond acceptors (Lipinski definition) is 3. The van der Waals surface area contributed by atoms with Crippen LogP contribution in [-0.4, -0.2) is 10.9 Å². The number of benzene rings is 1. The molecule has 2 aromatic rings. The number of nitrogens with zero attached hydrogens (tertiary/aromatic N) is 1. The van der Waals surface area contributed by atoms with Gasteiger partial charge in [0.05, 0.1) is 10.7 Å². The first-order chi connectivity index (χ1) is 8.97. The van der Waals surface area contributed by atoms with E-state index in [1.807, 2.05) is 0 Å². The third-order valence-corrected chi connectivity index (χ3v) is 2.75. The molecule has 4 nitrogen and oxygen atoms in total. The van der Waals surface area contributed by atoms with Crippen molar-refractivity contribution in [2.24, 2.45) is 0 Å². The number of anilines is 2. The smallest absolute Gasteiger partial charge is 0.255 e. The van der Waals surface area contributed by atoms with Crippen LogP contribution in [0.3, 0.4) is 0 Å². The van der Waals surface area contributed by atoms with Gasteiger partial charge in [-0.1, -0.05) is 17.7 Å². The van der Waals surface area contributed by atoms with Crippen LogP contribution in [0.15, 0.2) is 30.3 Å². The van der Waals surface area contributed by atoms with E-state index in [1.54, 1.807) is 13.0 Å². The number of aromatic nitrogens is 1. The summed E-state index contributed by atoms with van der Waals surface area (Å²) in [5.74, 6) is -0.867. The summed E-state index contributed by atoms with van der Waals surface area (Å²) < 4.78 is 13.5. The number of amides is 1. The molecule has 0 atom stereocenters. The molecule has 0 spiro atoms. The first kappa shape index (κ1) is 13.3. The number of nitrogens with two attached hydrogens (primary N) is 1. The average molecular weight is 280 g/mol. The number of nitrogen functional groups attached to an aromatic ring is 1. The number of pyridine rings is 1.